The number of aliphatic hydroxyl groups is 1. The molecule has 2 rings (SSSR count). The molecule has 124 valence electrons. The summed E-state index contributed by atoms with van der Waals surface area (Å²) in [4.78, 5) is 0. The molecule has 5 heteroatoms. The van der Waals surface area contributed by atoms with Crippen LogP contribution in [0.15, 0.2) is 24.3 Å². The van der Waals surface area contributed by atoms with E-state index >= 15 is 0 Å². The quantitative estimate of drug-likeness (QED) is 0.874. The lowest BCUT2D eigenvalue weighted by atomic mass is 10.1. The number of ether oxygens (including phenoxy) is 4. The molecule has 0 aliphatic carbocycles. The molecule has 1 aliphatic heterocycles. The first-order valence-corrected chi connectivity index (χ1v) is 7.71. The smallest absolute Gasteiger partial charge is 0.160 e. The summed E-state index contributed by atoms with van der Waals surface area (Å²) >= 11 is 0. The molecule has 1 aliphatic rings. The van der Waals surface area contributed by atoms with Crippen molar-refractivity contribution < 1.29 is 24.1 Å². The molecular formula is C17H26O5. The van der Waals surface area contributed by atoms with Crippen molar-refractivity contribution in [3.8, 4) is 5.75 Å². The van der Waals surface area contributed by atoms with E-state index in [1.165, 1.54) is 0 Å². The monoisotopic (exact) mass is 310 g/mol. The highest BCUT2D eigenvalue weighted by molar-refractivity contribution is 5.32. The third-order valence-electron chi connectivity index (χ3n) is 3.75. The fourth-order valence-electron chi connectivity index (χ4n) is 2.50. The van der Waals surface area contributed by atoms with Gasteiger partial charge in [0.25, 0.3) is 0 Å². The lowest BCUT2D eigenvalue weighted by Crippen LogP contribution is -2.51. The molecule has 1 aromatic rings. The van der Waals surface area contributed by atoms with Gasteiger partial charge in [-0.25, -0.2) is 0 Å². The van der Waals surface area contributed by atoms with Gasteiger partial charge in [0.05, 0.1) is 26.4 Å². The Morgan fingerprint density at radius 2 is 2.00 bits per heavy atom. The van der Waals surface area contributed by atoms with Gasteiger partial charge in [-0.05, 0) is 13.0 Å². The first-order valence-electron chi connectivity index (χ1n) is 7.71. The number of rotatable bonds is 6. The van der Waals surface area contributed by atoms with Crippen molar-refractivity contribution in [2.75, 3.05) is 13.7 Å². The van der Waals surface area contributed by atoms with E-state index in [1.54, 1.807) is 14.0 Å². The molecule has 22 heavy (non-hydrogen) atoms. The molecule has 1 fully saturated rings. The molecule has 1 saturated heterocycles. The number of hydrogen-bond donors (Lipinski definition) is 1. The fraction of sp³-hybridized carbons (Fsp3) is 0.647. The van der Waals surface area contributed by atoms with Crippen molar-refractivity contribution in [1.29, 1.82) is 0 Å². The van der Waals surface area contributed by atoms with Gasteiger partial charge < -0.3 is 24.1 Å². The third-order valence-corrected chi connectivity index (χ3v) is 3.75. The largest absolute Gasteiger partial charge is 0.496 e. The van der Waals surface area contributed by atoms with Crippen molar-refractivity contribution in [3.05, 3.63) is 29.8 Å². The second kappa shape index (κ2) is 7.92. The van der Waals surface area contributed by atoms with E-state index in [9.17, 15) is 5.11 Å². The van der Waals surface area contributed by atoms with Crippen LogP contribution in [0, 0.1) is 5.92 Å². The van der Waals surface area contributed by atoms with Gasteiger partial charge >= 0.3 is 0 Å². The zero-order chi connectivity index (χ0) is 16.1. The zero-order valence-electron chi connectivity index (χ0n) is 13.7. The summed E-state index contributed by atoms with van der Waals surface area (Å²) in [6, 6.07) is 7.71. The standard InChI is InChI=1S/C17H26O5/c1-11(2)17-21-10-15(16(22-17)12(3)18)20-9-13-7-5-6-8-14(13)19-4/h5-8,11-12,15-18H,9-10H2,1-4H3/t12?,15-,16-,17+/m1/s1. The molecule has 0 aromatic heterocycles. The second-order valence-electron chi connectivity index (χ2n) is 5.95. The summed E-state index contributed by atoms with van der Waals surface area (Å²) < 4.78 is 22.8. The fourth-order valence-corrected chi connectivity index (χ4v) is 2.50. The summed E-state index contributed by atoms with van der Waals surface area (Å²) in [6.45, 7) is 6.57. The number of benzene rings is 1. The Balaban J connectivity index is 1.99. The Kier molecular flexibility index (Phi) is 6.20. The molecule has 0 amide bonds. The van der Waals surface area contributed by atoms with Crippen LogP contribution in [0.4, 0.5) is 0 Å². The molecule has 0 spiro atoms. The van der Waals surface area contributed by atoms with Gasteiger partial charge in [0.15, 0.2) is 6.29 Å². The van der Waals surface area contributed by atoms with Crippen molar-refractivity contribution >= 4 is 0 Å². The minimum Gasteiger partial charge on any atom is -0.496 e. The highest BCUT2D eigenvalue weighted by atomic mass is 16.7. The van der Waals surface area contributed by atoms with Gasteiger partial charge in [0, 0.05) is 11.5 Å². The van der Waals surface area contributed by atoms with Gasteiger partial charge in [0.1, 0.15) is 18.0 Å². The Morgan fingerprint density at radius 1 is 1.27 bits per heavy atom. The van der Waals surface area contributed by atoms with Crippen LogP contribution >= 0.6 is 0 Å². The van der Waals surface area contributed by atoms with Crippen LogP contribution in [0.2, 0.25) is 0 Å². The van der Waals surface area contributed by atoms with E-state index in [-0.39, 0.29) is 18.3 Å². The zero-order valence-corrected chi connectivity index (χ0v) is 13.7. The van der Waals surface area contributed by atoms with E-state index in [2.05, 4.69) is 0 Å². The SMILES string of the molecule is COc1ccccc1CO[C@@H]1CO[C@H](C(C)C)O[C@@H]1C(C)O. The minimum atomic E-state index is -0.618. The van der Waals surface area contributed by atoms with Gasteiger partial charge in [-0.2, -0.15) is 0 Å². The van der Waals surface area contributed by atoms with Gasteiger partial charge in [-0.15, -0.1) is 0 Å². The number of hydrogen-bond acceptors (Lipinski definition) is 5. The maximum Gasteiger partial charge on any atom is 0.160 e. The Bertz CT molecular complexity index is 460. The maximum absolute atomic E-state index is 9.96. The highest BCUT2D eigenvalue weighted by Gasteiger charge is 2.36. The Morgan fingerprint density at radius 3 is 2.64 bits per heavy atom. The molecule has 1 aromatic carbocycles. The van der Waals surface area contributed by atoms with E-state index in [0.717, 1.165) is 11.3 Å². The average Bonchev–Trinajstić information content (AvgIpc) is 2.52. The van der Waals surface area contributed by atoms with E-state index in [4.69, 9.17) is 18.9 Å². The molecule has 1 unspecified atom stereocenters. The van der Waals surface area contributed by atoms with Crippen LogP contribution in [0.25, 0.3) is 0 Å². The van der Waals surface area contributed by atoms with Crippen molar-refractivity contribution in [2.45, 2.75) is 52.0 Å². The summed E-state index contributed by atoms with van der Waals surface area (Å²) in [5.41, 5.74) is 0.959. The molecule has 0 bridgehead atoms. The van der Waals surface area contributed by atoms with Crippen LogP contribution in [-0.4, -0.2) is 43.4 Å². The van der Waals surface area contributed by atoms with E-state index in [1.807, 2.05) is 38.1 Å². The van der Waals surface area contributed by atoms with Crippen LogP contribution < -0.4 is 4.74 Å². The normalized spacial score (nSPS) is 26.9. The Hall–Kier alpha value is -1.14. The summed E-state index contributed by atoms with van der Waals surface area (Å²) in [6.07, 6.45) is -1.62. The van der Waals surface area contributed by atoms with Crippen LogP contribution in [0.1, 0.15) is 26.3 Å². The molecule has 4 atom stereocenters. The van der Waals surface area contributed by atoms with Crippen molar-refractivity contribution in [1.82, 2.24) is 0 Å². The Labute approximate surface area is 132 Å². The number of methoxy groups -OCH3 is 1. The van der Waals surface area contributed by atoms with Crippen molar-refractivity contribution in [2.24, 2.45) is 5.92 Å². The molecule has 0 radical (unpaired) electrons. The lowest BCUT2D eigenvalue weighted by Gasteiger charge is -2.39. The first kappa shape index (κ1) is 17.2. The van der Waals surface area contributed by atoms with Crippen LogP contribution in [0.5, 0.6) is 5.75 Å². The maximum atomic E-state index is 9.96. The molecule has 5 nitrogen and oxygen atoms in total. The topological polar surface area (TPSA) is 57.2 Å². The third kappa shape index (κ3) is 4.20. The highest BCUT2D eigenvalue weighted by Crippen LogP contribution is 2.25. The number of para-hydroxylation sites is 1. The van der Waals surface area contributed by atoms with E-state index in [0.29, 0.717) is 13.2 Å². The lowest BCUT2D eigenvalue weighted by molar-refractivity contribution is -0.291. The second-order valence-corrected chi connectivity index (χ2v) is 5.95. The van der Waals surface area contributed by atoms with E-state index < -0.39 is 12.2 Å². The predicted octanol–water partition coefficient (Wildman–Crippen LogP) is 2.36. The summed E-state index contributed by atoms with van der Waals surface area (Å²) in [5, 5.41) is 9.96. The molecule has 0 saturated carbocycles. The minimum absolute atomic E-state index is 0.233. The van der Waals surface area contributed by atoms with Crippen LogP contribution in [-0.2, 0) is 20.8 Å². The van der Waals surface area contributed by atoms with Crippen molar-refractivity contribution in [3.63, 3.8) is 0 Å². The van der Waals surface area contributed by atoms with Gasteiger partial charge in [-0.3, -0.25) is 0 Å². The van der Waals surface area contributed by atoms with Gasteiger partial charge in [-0.1, -0.05) is 32.0 Å². The van der Waals surface area contributed by atoms with Crippen LogP contribution in [0.3, 0.4) is 0 Å². The summed E-state index contributed by atoms with van der Waals surface area (Å²) in [5.74, 6) is 1.02. The summed E-state index contributed by atoms with van der Waals surface area (Å²) in [7, 11) is 1.64. The molecule has 1 heterocycles. The number of aliphatic hydroxyl groups excluding tert-OH is 1. The predicted molar refractivity (Wildman–Crippen MR) is 82.7 cm³/mol. The first-order chi connectivity index (χ1) is 10.5. The molecule has 1 N–H and O–H groups in total. The van der Waals surface area contributed by atoms with Gasteiger partial charge in [0.2, 0.25) is 0 Å². The molecular weight excluding hydrogens is 284 g/mol. The average molecular weight is 310 g/mol.